The molecule has 1 aromatic rings. The number of halogens is 15. The summed E-state index contributed by atoms with van der Waals surface area (Å²) in [5, 5.41) is 0. The number of rotatable bonds is 10. The summed E-state index contributed by atoms with van der Waals surface area (Å²) in [5.41, 5.74) is -2.49. The lowest BCUT2D eigenvalue weighted by atomic mass is 9.83. The van der Waals surface area contributed by atoms with Crippen LogP contribution >= 0.6 is 0 Å². The van der Waals surface area contributed by atoms with Crippen LogP contribution in [0.2, 0.25) is 0 Å². The first kappa shape index (κ1) is 32.2. The fourth-order valence-electron chi connectivity index (χ4n) is 3.05. The predicted molar refractivity (Wildman–Crippen MR) is 95.2 cm³/mol. The molecule has 1 rings (SSSR count). The maximum Gasteiger partial charge on any atom is 0.460 e. The molecule has 0 bridgehead atoms. The van der Waals surface area contributed by atoms with Crippen molar-refractivity contribution in [3.8, 4) is 0 Å². The van der Waals surface area contributed by atoms with Crippen molar-refractivity contribution in [1.82, 2.24) is 0 Å². The zero-order valence-corrected chi connectivity index (χ0v) is 18.7. The van der Waals surface area contributed by atoms with Crippen LogP contribution in [0.25, 0.3) is 0 Å². The Morgan fingerprint density at radius 1 is 0.611 bits per heavy atom. The van der Waals surface area contributed by atoms with E-state index in [0.717, 1.165) is 12.1 Å². The SMILES string of the molecule is COC(C)(CC(F)(F)C(F)(F)C(F)(F)C(F)(F)C(F)(F)C(F)(F)C(F)(F)F)c1ccc(C(C)C)cc1. The van der Waals surface area contributed by atoms with Gasteiger partial charge in [-0.2, -0.15) is 65.9 Å². The lowest BCUT2D eigenvalue weighted by Gasteiger charge is -2.43. The number of alkyl halides is 15. The molecule has 0 N–H and O–H groups in total. The molecule has 0 heterocycles. The van der Waals surface area contributed by atoms with Crippen molar-refractivity contribution in [1.29, 1.82) is 0 Å². The van der Waals surface area contributed by atoms with Crippen molar-refractivity contribution in [3.63, 3.8) is 0 Å². The molecule has 36 heavy (non-hydrogen) atoms. The van der Waals surface area contributed by atoms with Gasteiger partial charge in [-0.05, 0) is 24.0 Å². The van der Waals surface area contributed by atoms with E-state index in [0.29, 0.717) is 19.6 Å². The summed E-state index contributed by atoms with van der Waals surface area (Å²) in [4.78, 5) is 0. The van der Waals surface area contributed by atoms with Crippen molar-refractivity contribution < 1.29 is 70.6 Å². The fourth-order valence-corrected chi connectivity index (χ4v) is 3.05. The minimum Gasteiger partial charge on any atom is -0.374 e. The quantitative estimate of drug-likeness (QED) is 0.261. The normalized spacial score (nSPS) is 16.9. The summed E-state index contributed by atoms with van der Waals surface area (Å²) in [5.74, 6) is -46.8. The number of ether oxygens (including phenoxy) is 1. The van der Waals surface area contributed by atoms with E-state index in [-0.39, 0.29) is 5.92 Å². The predicted octanol–water partition coefficient (Wildman–Crippen LogP) is 8.44. The topological polar surface area (TPSA) is 9.23 Å². The van der Waals surface area contributed by atoms with Gasteiger partial charge in [-0.3, -0.25) is 0 Å². The van der Waals surface area contributed by atoms with Gasteiger partial charge in [0.05, 0.1) is 12.0 Å². The molecule has 0 aromatic heterocycles. The van der Waals surface area contributed by atoms with Crippen molar-refractivity contribution in [2.45, 2.75) is 80.4 Å². The van der Waals surface area contributed by atoms with Crippen LogP contribution in [-0.2, 0) is 10.3 Å². The van der Waals surface area contributed by atoms with Crippen LogP contribution < -0.4 is 0 Å². The molecule has 0 aliphatic heterocycles. The van der Waals surface area contributed by atoms with Gasteiger partial charge < -0.3 is 4.74 Å². The van der Waals surface area contributed by atoms with Gasteiger partial charge in [-0.15, -0.1) is 0 Å². The largest absolute Gasteiger partial charge is 0.460 e. The molecule has 0 saturated carbocycles. The van der Waals surface area contributed by atoms with Crippen LogP contribution in [0, 0.1) is 0 Å². The molecule has 0 aliphatic rings. The minimum atomic E-state index is -8.31. The second kappa shape index (κ2) is 9.15. The highest BCUT2D eigenvalue weighted by Crippen LogP contribution is 2.63. The summed E-state index contributed by atoms with van der Waals surface area (Å²) >= 11 is 0. The van der Waals surface area contributed by atoms with Gasteiger partial charge in [0.25, 0.3) is 0 Å². The van der Waals surface area contributed by atoms with E-state index in [2.05, 4.69) is 4.74 Å². The lowest BCUT2D eigenvalue weighted by Crippen LogP contribution is -2.72. The smallest absolute Gasteiger partial charge is 0.374 e. The number of hydrogen-bond donors (Lipinski definition) is 0. The Bertz CT molecular complexity index is 903. The Labute approximate surface area is 194 Å². The Kier molecular flexibility index (Phi) is 8.18. The van der Waals surface area contributed by atoms with E-state index >= 15 is 0 Å². The number of benzene rings is 1. The van der Waals surface area contributed by atoms with Crippen LogP contribution in [0.4, 0.5) is 65.9 Å². The summed E-state index contributed by atoms with van der Waals surface area (Å²) in [6, 6.07) is 4.63. The molecule has 1 nitrogen and oxygen atoms in total. The van der Waals surface area contributed by atoms with Crippen molar-refractivity contribution in [3.05, 3.63) is 35.4 Å². The third-order valence-corrected chi connectivity index (χ3v) is 5.59. The molecule has 0 aliphatic carbocycles. The fraction of sp³-hybridized carbons (Fsp3) is 0.700. The molecule has 0 radical (unpaired) electrons. The van der Waals surface area contributed by atoms with Crippen LogP contribution in [0.15, 0.2) is 24.3 Å². The second-order valence-electron chi connectivity index (χ2n) is 8.46. The first-order valence-corrected chi connectivity index (χ1v) is 9.67. The molecule has 0 spiro atoms. The Morgan fingerprint density at radius 2 is 0.972 bits per heavy atom. The molecule has 1 aromatic carbocycles. The van der Waals surface area contributed by atoms with E-state index < -0.39 is 59.3 Å². The highest BCUT2D eigenvalue weighted by Gasteiger charge is 2.93. The van der Waals surface area contributed by atoms with E-state index in [1.807, 2.05) is 0 Å². The molecule has 0 fully saturated rings. The van der Waals surface area contributed by atoms with Crippen molar-refractivity contribution >= 4 is 0 Å². The average Bonchev–Trinajstić information content (AvgIpc) is 2.71. The molecule has 210 valence electrons. The summed E-state index contributed by atoms with van der Waals surface area (Å²) in [6.07, 6.45) is -10.2. The van der Waals surface area contributed by atoms with Gasteiger partial charge in [-0.25, -0.2) is 0 Å². The highest BCUT2D eigenvalue weighted by atomic mass is 19.4. The monoisotopic (exact) mass is 560 g/mol. The number of hydrogen-bond acceptors (Lipinski definition) is 1. The third kappa shape index (κ3) is 4.73. The minimum absolute atomic E-state index is 0.129. The summed E-state index contributed by atoms with van der Waals surface area (Å²) in [6.45, 7) is 4.00. The van der Waals surface area contributed by atoms with Crippen LogP contribution in [-0.4, -0.2) is 48.8 Å². The molecule has 16 heteroatoms. The Balaban J connectivity index is 3.57. The standard InChI is InChI=1S/C20H19F15O/c1-10(2)11-5-7-12(8-6-11)13(3,36-4)9-14(21,22)15(23,24)16(25,26)17(27,28)18(29,30)19(31,32)20(33,34)35/h5-8,10H,9H2,1-4H3. The first-order chi connectivity index (χ1) is 15.7. The lowest BCUT2D eigenvalue weighted by molar-refractivity contribution is -0.453. The summed E-state index contributed by atoms with van der Waals surface area (Å²) < 4.78 is 206. The van der Waals surface area contributed by atoms with E-state index in [4.69, 9.17) is 0 Å². The highest BCUT2D eigenvalue weighted by molar-refractivity contribution is 5.29. The van der Waals surface area contributed by atoms with Crippen molar-refractivity contribution in [2.24, 2.45) is 0 Å². The summed E-state index contributed by atoms with van der Waals surface area (Å²) in [7, 11) is 0.620. The van der Waals surface area contributed by atoms with E-state index in [1.165, 1.54) is 12.1 Å². The molecule has 1 atom stereocenters. The van der Waals surface area contributed by atoms with Gasteiger partial charge in [-0.1, -0.05) is 38.1 Å². The van der Waals surface area contributed by atoms with Gasteiger partial charge in [0.2, 0.25) is 0 Å². The van der Waals surface area contributed by atoms with Crippen LogP contribution in [0.1, 0.15) is 44.2 Å². The molecule has 0 saturated heterocycles. The molecule has 0 amide bonds. The average molecular weight is 560 g/mol. The molecular formula is C20H19F15O. The van der Waals surface area contributed by atoms with E-state index in [1.54, 1.807) is 13.8 Å². The van der Waals surface area contributed by atoms with Crippen LogP contribution in [0.3, 0.4) is 0 Å². The third-order valence-electron chi connectivity index (χ3n) is 5.59. The number of methoxy groups -OCH3 is 1. The first-order valence-electron chi connectivity index (χ1n) is 9.67. The maximum absolute atomic E-state index is 14.4. The van der Waals surface area contributed by atoms with Gasteiger partial charge in [0.15, 0.2) is 0 Å². The second-order valence-corrected chi connectivity index (χ2v) is 8.46. The Morgan fingerprint density at radius 3 is 1.31 bits per heavy atom. The van der Waals surface area contributed by atoms with Gasteiger partial charge in [0, 0.05) is 7.11 Å². The zero-order valence-electron chi connectivity index (χ0n) is 18.7. The molecular weight excluding hydrogens is 541 g/mol. The zero-order chi connectivity index (χ0) is 29.0. The van der Waals surface area contributed by atoms with Crippen molar-refractivity contribution in [2.75, 3.05) is 7.11 Å². The van der Waals surface area contributed by atoms with Crippen LogP contribution in [0.5, 0.6) is 0 Å². The van der Waals surface area contributed by atoms with E-state index in [9.17, 15) is 65.9 Å². The van der Waals surface area contributed by atoms with Gasteiger partial charge >= 0.3 is 41.7 Å². The maximum atomic E-state index is 14.4. The molecule has 1 unspecified atom stereocenters. The van der Waals surface area contributed by atoms with Gasteiger partial charge in [0.1, 0.15) is 0 Å². The Hall–Kier alpha value is -1.87.